The monoisotopic (exact) mass is 221 g/mol. The fourth-order valence-electron chi connectivity index (χ4n) is 1.76. The van der Waals surface area contributed by atoms with Crippen LogP contribution in [0.2, 0.25) is 0 Å². The number of hydrogen-bond acceptors (Lipinski definition) is 4. The first-order valence-electron chi connectivity index (χ1n) is 4.78. The summed E-state index contributed by atoms with van der Waals surface area (Å²) in [6.45, 7) is 0. The third-order valence-corrected chi connectivity index (χ3v) is 2.62. The molecular formula is C11H11NO4. The molecule has 0 saturated carbocycles. The first-order valence-corrected chi connectivity index (χ1v) is 4.78. The maximum Gasteiger partial charge on any atom is 0.309 e. The maximum absolute atomic E-state index is 11.6. The molecule has 2 N–H and O–H groups in total. The zero-order valence-electron chi connectivity index (χ0n) is 8.69. The van der Waals surface area contributed by atoms with Gasteiger partial charge in [-0.15, -0.1) is 0 Å². The lowest BCUT2D eigenvalue weighted by Crippen LogP contribution is -2.36. The highest BCUT2D eigenvalue weighted by atomic mass is 16.5. The Labute approximate surface area is 92.0 Å². The van der Waals surface area contributed by atoms with E-state index in [4.69, 9.17) is 0 Å². The van der Waals surface area contributed by atoms with Gasteiger partial charge in [-0.25, -0.2) is 0 Å². The zero-order valence-corrected chi connectivity index (χ0v) is 8.69. The fraction of sp³-hybridized carbons (Fsp3) is 0.273. The maximum atomic E-state index is 11.6. The molecule has 0 spiro atoms. The van der Waals surface area contributed by atoms with Crippen molar-refractivity contribution >= 4 is 17.6 Å². The van der Waals surface area contributed by atoms with E-state index in [2.05, 4.69) is 10.1 Å². The van der Waals surface area contributed by atoms with Gasteiger partial charge in [-0.1, -0.05) is 18.2 Å². The molecule has 0 aliphatic carbocycles. The molecule has 1 aliphatic heterocycles. The van der Waals surface area contributed by atoms with Crippen LogP contribution >= 0.6 is 0 Å². The molecule has 1 amide bonds. The van der Waals surface area contributed by atoms with Crippen molar-refractivity contribution < 1.29 is 19.4 Å². The average Bonchev–Trinajstić information content (AvgIpc) is 2.52. The van der Waals surface area contributed by atoms with Crippen molar-refractivity contribution in [2.75, 3.05) is 12.4 Å². The van der Waals surface area contributed by atoms with E-state index < -0.39 is 17.5 Å². The highest BCUT2D eigenvalue weighted by molar-refractivity contribution is 6.06. The summed E-state index contributed by atoms with van der Waals surface area (Å²) < 4.78 is 4.46. The number of ether oxygens (including phenoxy) is 1. The highest BCUT2D eigenvalue weighted by Gasteiger charge is 2.46. The fourth-order valence-corrected chi connectivity index (χ4v) is 1.76. The molecule has 0 radical (unpaired) electrons. The number of carbonyl (C=O) groups excluding carboxylic acids is 2. The van der Waals surface area contributed by atoms with Crippen LogP contribution in [0.1, 0.15) is 12.0 Å². The van der Waals surface area contributed by atoms with Gasteiger partial charge < -0.3 is 15.2 Å². The third-order valence-electron chi connectivity index (χ3n) is 2.62. The zero-order chi connectivity index (χ0) is 11.8. The van der Waals surface area contributed by atoms with E-state index in [1.807, 2.05) is 0 Å². The van der Waals surface area contributed by atoms with Gasteiger partial charge in [0.15, 0.2) is 5.60 Å². The van der Waals surface area contributed by atoms with Gasteiger partial charge in [0.1, 0.15) is 0 Å². The number of benzene rings is 1. The topological polar surface area (TPSA) is 75.6 Å². The first-order chi connectivity index (χ1) is 7.58. The van der Waals surface area contributed by atoms with Gasteiger partial charge in [-0.2, -0.15) is 0 Å². The van der Waals surface area contributed by atoms with E-state index >= 15 is 0 Å². The minimum atomic E-state index is -1.82. The lowest BCUT2D eigenvalue weighted by molar-refractivity contribution is -0.152. The number of para-hydroxylation sites is 1. The second-order valence-corrected chi connectivity index (χ2v) is 3.61. The summed E-state index contributed by atoms with van der Waals surface area (Å²) in [5, 5.41) is 12.7. The van der Waals surface area contributed by atoms with E-state index in [1.54, 1.807) is 24.3 Å². The van der Waals surface area contributed by atoms with Crippen molar-refractivity contribution in [3.05, 3.63) is 29.8 Å². The molecule has 1 unspecified atom stereocenters. The van der Waals surface area contributed by atoms with Gasteiger partial charge in [0.05, 0.1) is 13.5 Å². The summed E-state index contributed by atoms with van der Waals surface area (Å²) in [5.41, 5.74) is -0.881. The van der Waals surface area contributed by atoms with Crippen molar-refractivity contribution in [2.24, 2.45) is 0 Å². The van der Waals surface area contributed by atoms with Crippen molar-refractivity contribution in [3.63, 3.8) is 0 Å². The number of rotatable bonds is 2. The molecule has 5 nitrogen and oxygen atoms in total. The van der Waals surface area contributed by atoms with Crippen molar-refractivity contribution in [2.45, 2.75) is 12.0 Å². The lowest BCUT2D eigenvalue weighted by atomic mass is 9.92. The molecule has 0 fully saturated rings. The van der Waals surface area contributed by atoms with Crippen molar-refractivity contribution in [3.8, 4) is 0 Å². The first kappa shape index (κ1) is 10.6. The molecule has 0 aromatic heterocycles. The summed E-state index contributed by atoms with van der Waals surface area (Å²) in [6, 6.07) is 6.71. The SMILES string of the molecule is COC(=O)CC1(O)C(=O)Nc2ccccc21. The number of methoxy groups -OCH3 is 1. The standard InChI is InChI=1S/C11H11NO4/c1-16-9(13)6-11(15)7-4-2-3-5-8(7)12-10(11)14/h2-5,15H,6H2,1H3,(H,12,14). The van der Waals surface area contributed by atoms with E-state index in [-0.39, 0.29) is 6.42 Å². The summed E-state index contributed by atoms with van der Waals surface area (Å²) in [5.74, 6) is -1.23. The van der Waals surface area contributed by atoms with Gasteiger partial charge in [-0.05, 0) is 6.07 Å². The molecule has 1 heterocycles. The number of carbonyl (C=O) groups is 2. The van der Waals surface area contributed by atoms with Gasteiger partial charge in [0.2, 0.25) is 0 Å². The molecule has 2 rings (SSSR count). The van der Waals surface area contributed by atoms with Gasteiger partial charge in [0.25, 0.3) is 5.91 Å². The molecule has 1 aromatic rings. The minimum absolute atomic E-state index is 0.383. The summed E-state index contributed by atoms with van der Waals surface area (Å²) in [6.07, 6.45) is -0.383. The number of esters is 1. The Kier molecular flexibility index (Phi) is 2.40. The Bertz CT molecular complexity index is 457. The van der Waals surface area contributed by atoms with E-state index in [0.29, 0.717) is 11.3 Å². The van der Waals surface area contributed by atoms with E-state index in [0.717, 1.165) is 0 Å². The second-order valence-electron chi connectivity index (χ2n) is 3.61. The number of nitrogens with one attached hydrogen (secondary N) is 1. The minimum Gasteiger partial charge on any atom is -0.469 e. The predicted octanol–water partition coefficient (Wildman–Crippen LogP) is 0.389. The molecule has 1 aromatic carbocycles. The molecule has 16 heavy (non-hydrogen) atoms. The smallest absolute Gasteiger partial charge is 0.309 e. The number of hydrogen-bond donors (Lipinski definition) is 2. The normalized spacial score (nSPS) is 22.5. The molecule has 0 bridgehead atoms. The van der Waals surface area contributed by atoms with E-state index in [9.17, 15) is 14.7 Å². The number of aliphatic hydroxyl groups is 1. The average molecular weight is 221 g/mol. The van der Waals surface area contributed by atoms with Crippen LogP contribution in [0, 0.1) is 0 Å². The van der Waals surface area contributed by atoms with Gasteiger partial charge in [0, 0.05) is 11.3 Å². The molecule has 0 saturated heterocycles. The van der Waals surface area contributed by atoms with Crippen LogP contribution in [0.4, 0.5) is 5.69 Å². The summed E-state index contributed by atoms with van der Waals surface area (Å²) >= 11 is 0. The van der Waals surface area contributed by atoms with Gasteiger partial charge >= 0.3 is 5.97 Å². The predicted molar refractivity (Wildman–Crippen MR) is 55.6 cm³/mol. The van der Waals surface area contributed by atoms with Crippen LogP contribution < -0.4 is 5.32 Å². The van der Waals surface area contributed by atoms with Gasteiger partial charge in [-0.3, -0.25) is 9.59 Å². The van der Waals surface area contributed by atoms with Crippen LogP contribution in [0.5, 0.6) is 0 Å². The quantitative estimate of drug-likeness (QED) is 0.708. The van der Waals surface area contributed by atoms with E-state index in [1.165, 1.54) is 7.11 Å². The third kappa shape index (κ3) is 1.45. The second kappa shape index (κ2) is 3.61. The number of amides is 1. The molecule has 1 aliphatic rings. The molecule has 5 heteroatoms. The Morgan fingerprint density at radius 1 is 1.50 bits per heavy atom. The highest BCUT2D eigenvalue weighted by Crippen LogP contribution is 2.38. The van der Waals surface area contributed by atoms with Crippen molar-refractivity contribution in [1.29, 1.82) is 0 Å². The van der Waals surface area contributed by atoms with Crippen molar-refractivity contribution in [1.82, 2.24) is 0 Å². The largest absolute Gasteiger partial charge is 0.469 e. The summed E-state index contributed by atoms with van der Waals surface area (Å²) in [7, 11) is 1.21. The Morgan fingerprint density at radius 2 is 2.19 bits per heavy atom. The Hall–Kier alpha value is -1.88. The van der Waals surface area contributed by atoms with Crippen LogP contribution in [0.3, 0.4) is 0 Å². The van der Waals surface area contributed by atoms with Crippen LogP contribution in [0.15, 0.2) is 24.3 Å². The molecule has 1 atom stereocenters. The van der Waals surface area contributed by atoms with Crippen LogP contribution in [-0.4, -0.2) is 24.1 Å². The molecule has 84 valence electrons. The van der Waals surface area contributed by atoms with Crippen LogP contribution in [-0.2, 0) is 19.9 Å². The number of anilines is 1. The summed E-state index contributed by atoms with van der Waals surface area (Å²) in [4.78, 5) is 22.8. The Balaban J connectivity index is 2.40. The lowest BCUT2D eigenvalue weighted by Gasteiger charge is -2.18. The van der Waals surface area contributed by atoms with Crippen LogP contribution in [0.25, 0.3) is 0 Å². The molecular weight excluding hydrogens is 210 g/mol. The number of fused-ring (bicyclic) bond motifs is 1. The Morgan fingerprint density at radius 3 is 2.88 bits per heavy atom.